The van der Waals surface area contributed by atoms with E-state index >= 15 is 0 Å². The molecule has 114 valence electrons. The highest BCUT2D eigenvalue weighted by atomic mass is 35.5. The summed E-state index contributed by atoms with van der Waals surface area (Å²) in [6, 6.07) is 1.47. The van der Waals surface area contributed by atoms with E-state index < -0.39 is 0 Å². The van der Waals surface area contributed by atoms with Crippen LogP contribution >= 0.6 is 23.2 Å². The second-order valence-electron chi connectivity index (χ2n) is 4.95. The lowest BCUT2D eigenvalue weighted by Gasteiger charge is -2.31. The summed E-state index contributed by atoms with van der Waals surface area (Å²) >= 11 is 11.8. The average Bonchev–Trinajstić information content (AvgIpc) is 2.49. The van der Waals surface area contributed by atoms with Crippen LogP contribution in [0.2, 0.25) is 10.2 Å². The molecule has 21 heavy (non-hydrogen) atoms. The maximum Gasteiger partial charge on any atom is 0.255 e. The van der Waals surface area contributed by atoms with Crippen molar-refractivity contribution in [1.82, 2.24) is 15.2 Å². The van der Waals surface area contributed by atoms with Gasteiger partial charge in [0.2, 0.25) is 5.91 Å². The van der Waals surface area contributed by atoms with Crippen molar-refractivity contribution < 1.29 is 9.59 Å². The van der Waals surface area contributed by atoms with Crippen LogP contribution in [0.4, 0.5) is 0 Å². The predicted molar refractivity (Wildman–Crippen MR) is 81.6 cm³/mol. The minimum absolute atomic E-state index is 0.0227. The van der Waals surface area contributed by atoms with Crippen LogP contribution in [0.1, 0.15) is 30.1 Å². The molecule has 0 radical (unpaired) electrons. The van der Waals surface area contributed by atoms with Gasteiger partial charge in [0.05, 0.1) is 10.6 Å². The highest BCUT2D eigenvalue weighted by Gasteiger charge is 2.28. The number of nitrogens with zero attached hydrogens (tertiary/aromatic N) is 2. The molecule has 0 unspecified atom stereocenters. The molecule has 1 aliphatic rings. The monoisotopic (exact) mass is 329 g/mol. The highest BCUT2D eigenvalue weighted by Crippen LogP contribution is 2.23. The summed E-state index contributed by atoms with van der Waals surface area (Å²) in [6.07, 6.45) is 2.70. The smallest absolute Gasteiger partial charge is 0.255 e. The number of nitrogens with one attached hydrogen (secondary N) is 1. The molecule has 7 heteroatoms. The van der Waals surface area contributed by atoms with E-state index in [-0.39, 0.29) is 27.9 Å². The summed E-state index contributed by atoms with van der Waals surface area (Å²) in [7, 11) is 0. The first-order chi connectivity index (χ1) is 10.0. The number of hydrogen-bond donors (Lipinski definition) is 1. The number of carbonyl (C=O) groups excluding carboxylic acids is 2. The molecule has 1 N–H and O–H groups in total. The summed E-state index contributed by atoms with van der Waals surface area (Å²) in [5, 5.41) is 3.34. The molecular formula is C14H17Cl2N3O2. The summed E-state index contributed by atoms with van der Waals surface area (Å²) in [5.74, 6) is -0.126. The van der Waals surface area contributed by atoms with E-state index in [2.05, 4.69) is 10.3 Å². The molecule has 0 spiro atoms. The Bertz CT molecular complexity index is 543. The van der Waals surface area contributed by atoms with Crippen LogP contribution in [-0.2, 0) is 4.79 Å². The van der Waals surface area contributed by atoms with E-state index in [1.165, 1.54) is 12.3 Å². The van der Waals surface area contributed by atoms with E-state index in [9.17, 15) is 9.59 Å². The lowest BCUT2D eigenvalue weighted by Crippen LogP contribution is -2.43. The van der Waals surface area contributed by atoms with Gasteiger partial charge in [-0.1, -0.05) is 23.2 Å². The number of amides is 2. The van der Waals surface area contributed by atoms with Gasteiger partial charge in [-0.3, -0.25) is 9.59 Å². The molecule has 0 saturated carbocycles. The molecule has 1 aromatic rings. The van der Waals surface area contributed by atoms with Crippen LogP contribution in [-0.4, -0.2) is 41.3 Å². The SMILES string of the molecule is CCNC(=O)C1CCN(C(=O)c2cc(Cl)ncc2Cl)CC1. The third kappa shape index (κ3) is 3.86. The Morgan fingerprint density at radius 3 is 2.67 bits per heavy atom. The number of pyridine rings is 1. The van der Waals surface area contributed by atoms with Crippen LogP contribution in [0.25, 0.3) is 0 Å². The fourth-order valence-electron chi connectivity index (χ4n) is 2.41. The van der Waals surface area contributed by atoms with Crippen LogP contribution in [0, 0.1) is 5.92 Å². The van der Waals surface area contributed by atoms with Crippen LogP contribution < -0.4 is 5.32 Å². The molecule has 0 aliphatic carbocycles. The first-order valence-corrected chi connectivity index (χ1v) is 7.66. The molecule has 1 aromatic heterocycles. The number of likely N-dealkylation sites (tertiary alicyclic amines) is 1. The minimum atomic E-state index is -0.168. The Hall–Kier alpha value is -1.33. The number of aromatic nitrogens is 1. The van der Waals surface area contributed by atoms with Crippen molar-refractivity contribution in [3.8, 4) is 0 Å². The average molecular weight is 330 g/mol. The van der Waals surface area contributed by atoms with E-state index in [0.29, 0.717) is 38.0 Å². The first kappa shape index (κ1) is 16.0. The van der Waals surface area contributed by atoms with E-state index in [1.807, 2.05) is 6.92 Å². The zero-order valence-corrected chi connectivity index (χ0v) is 13.2. The Kier molecular flexibility index (Phi) is 5.42. The Balaban J connectivity index is 2.00. The first-order valence-electron chi connectivity index (χ1n) is 6.91. The van der Waals surface area contributed by atoms with Gasteiger partial charge >= 0.3 is 0 Å². The number of rotatable bonds is 3. The Morgan fingerprint density at radius 1 is 1.38 bits per heavy atom. The van der Waals surface area contributed by atoms with Crippen molar-refractivity contribution in [2.45, 2.75) is 19.8 Å². The molecule has 5 nitrogen and oxygen atoms in total. The zero-order chi connectivity index (χ0) is 15.4. The lowest BCUT2D eigenvalue weighted by molar-refractivity contribution is -0.126. The quantitative estimate of drug-likeness (QED) is 0.866. The minimum Gasteiger partial charge on any atom is -0.356 e. The third-order valence-electron chi connectivity index (χ3n) is 3.56. The van der Waals surface area contributed by atoms with Crippen LogP contribution in [0.3, 0.4) is 0 Å². The Morgan fingerprint density at radius 2 is 2.05 bits per heavy atom. The van der Waals surface area contributed by atoms with E-state index in [0.717, 1.165) is 0 Å². The van der Waals surface area contributed by atoms with Crippen molar-refractivity contribution in [3.05, 3.63) is 28.0 Å². The second-order valence-corrected chi connectivity index (χ2v) is 5.74. The highest BCUT2D eigenvalue weighted by molar-refractivity contribution is 6.35. The molecule has 2 rings (SSSR count). The standard InChI is InChI=1S/C14H17Cl2N3O2/c1-2-17-13(20)9-3-5-19(6-4-9)14(21)10-7-12(16)18-8-11(10)15/h7-9H,2-6H2,1H3,(H,17,20). The normalized spacial score (nSPS) is 15.9. The van der Waals surface area contributed by atoms with E-state index in [4.69, 9.17) is 23.2 Å². The molecule has 1 saturated heterocycles. The fourth-order valence-corrected chi connectivity index (χ4v) is 2.75. The van der Waals surface area contributed by atoms with Gasteiger partial charge in [-0.15, -0.1) is 0 Å². The predicted octanol–water partition coefficient (Wildman–Crippen LogP) is 2.38. The van der Waals surface area contributed by atoms with Gasteiger partial charge in [-0.05, 0) is 25.8 Å². The summed E-state index contributed by atoms with van der Waals surface area (Å²) in [6.45, 7) is 3.60. The third-order valence-corrected chi connectivity index (χ3v) is 4.06. The second kappa shape index (κ2) is 7.09. The lowest BCUT2D eigenvalue weighted by atomic mass is 9.95. The zero-order valence-electron chi connectivity index (χ0n) is 11.7. The summed E-state index contributed by atoms with van der Waals surface area (Å²) in [5.41, 5.74) is 0.355. The van der Waals surface area contributed by atoms with Crippen molar-refractivity contribution in [1.29, 1.82) is 0 Å². The molecule has 0 bridgehead atoms. The molecule has 2 amide bonds. The van der Waals surface area contributed by atoms with Crippen molar-refractivity contribution in [2.24, 2.45) is 5.92 Å². The number of halogens is 2. The molecular weight excluding hydrogens is 313 g/mol. The molecule has 1 fully saturated rings. The topological polar surface area (TPSA) is 62.3 Å². The van der Waals surface area contributed by atoms with Crippen LogP contribution in [0.5, 0.6) is 0 Å². The van der Waals surface area contributed by atoms with Gasteiger partial charge < -0.3 is 10.2 Å². The van der Waals surface area contributed by atoms with Crippen molar-refractivity contribution in [2.75, 3.05) is 19.6 Å². The maximum absolute atomic E-state index is 12.4. The van der Waals surface area contributed by atoms with E-state index in [1.54, 1.807) is 4.90 Å². The van der Waals surface area contributed by atoms with Gasteiger partial charge in [0.1, 0.15) is 5.15 Å². The number of carbonyl (C=O) groups is 2. The van der Waals surface area contributed by atoms with Crippen molar-refractivity contribution in [3.63, 3.8) is 0 Å². The summed E-state index contributed by atoms with van der Waals surface area (Å²) in [4.78, 5) is 29.7. The number of hydrogen-bond acceptors (Lipinski definition) is 3. The van der Waals surface area contributed by atoms with Crippen LogP contribution in [0.15, 0.2) is 12.3 Å². The Labute approximate surface area is 133 Å². The van der Waals surface area contributed by atoms with Gasteiger partial charge in [0.25, 0.3) is 5.91 Å². The largest absolute Gasteiger partial charge is 0.356 e. The molecule has 0 aromatic carbocycles. The summed E-state index contributed by atoms with van der Waals surface area (Å²) < 4.78 is 0. The molecule has 1 aliphatic heterocycles. The van der Waals surface area contributed by atoms with Gasteiger partial charge in [-0.25, -0.2) is 4.98 Å². The molecule has 2 heterocycles. The molecule has 0 atom stereocenters. The van der Waals surface area contributed by atoms with Gasteiger partial charge in [0.15, 0.2) is 0 Å². The van der Waals surface area contributed by atoms with Gasteiger partial charge in [-0.2, -0.15) is 0 Å². The van der Waals surface area contributed by atoms with Crippen molar-refractivity contribution >= 4 is 35.0 Å². The number of piperidine rings is 1. The maximum atomic E-state index is 12.4. The fraction of sp³-hybridized carbons (Fsp3) is 0.500. The van der Waals surface area contributed by atoms with Gasteiger partial charge in [0, 0.05) is 31.7 Å².